The van der Waals surface area contributed by atoms with Gasteiger partial charge in [0, 0.05) is 22.3 Å². The molecule has 0 amide bonds. The van der Waals surface area contributed by atoms with Crippen molar-refractivity contribution < 1.29 is 45.0 Å². The molecule has 6 N–H and O–H groups in total. The molecule has 0 radical (unpaired) electrons. The molecule has 2 atom stereocenters. The minimum atomic E-state index is -1.66. The Morgan fingerprint density at radius 1 is 0.800 bits per heavy atom. The summed E-state index contributed by atoms with van der Waals surface area (Å²) in [5.41, 5.74) is -1.68. The molecule has 0 aromatic heterocycles. The number of aryl methyl sites for hydroxylation is 2. The lowest BCUT2D eigenvalue weighted by atomic mass is 9.74. The van der Waals surface area contributed by atoms with Crippen molar-refractivity contribution in [3.8, 4) is 28.4 Å². The van der Waals surface area contributed by atoms with Gasteiger partial charge in [0.05, 0.1) is 11.1 Å². The molecule has 2 aliphatic rings. The van der Waals surface area contributed by atoms with Crippen LogP contribution in [0, 0.1) is 6.92 Å². The number of hydrogen-bond donors (Lipinski definition) is 6. The summed E-state index contributed by atoms with van der Waals surface area (Å²) in [5.74, 6) is -4.83. The lowest BCUT2D eigenvalue weighted by Gasteiger charge is -2.33. The van der Waals surface area contributed by atoms with Gasteiger partial charge in [-0.2, -0.15) is 0 Å². The van der Waals surface area contributed by atoms with Gasteiger partial charge in [0.2, 0.25) is 0 Å². The first-order valence-corrected chi connectivity index (χ1v) is 10.8. The lowest BCUT2D eigenvalue weighted by Crippen LogP contribution is -2.25. The average Bonchev–Trinajstić information content (AvgIpc) is 2.80. The zero-order valence-corrected chi connectivity index (χ0v) is 18.6. The van der Waals surface area contributed by atoms with Crippen LogP contribution in [-0.2, 0) is 6.42 Å². The highest BCUT2D eigenvalue weighted by molar-refractivity contribution is 6.31. The molecule has 0 aliphatic heterocycles. The van der Waals surface area contributed by atoms with Gasteiger partial charge in [-0.05, 0) is 47.7 Å². The summed E-state index contributed by atoms with van der Waals surface area (Å²) >= 11 is 0. The smallest absolute Gasteiger partial charge is 0.339 e. The first kappa shape index (κ1) is 22.6. The molecule has 0 fully saturated rings. The number of phenolic OH excluding ortho intramolecular Hbond substituents is 2. The number of fused-ring (bicyclic) bond motifs is 5. The Labute approximate surface area is 198 Å². The molecular weight excluding hydrogens is 456 g/mol. The van der Waals surface area contributed by atoms with Gasteiger partial charge in [-0.3, -0.25) is 9.59 Å². The number of aliphatic hydroxyl groups excluding tert-OH is 2. The summed E-state index contributed by atoms with van der Waals surface area (Å²) in [7, 11) is 0. The van der Waals surface area contributed by atoms with E-state index in [0.29, 0.717) is 12.0 Å². The maximum absolute atomic E-state index is 13.4. The van der Waals surface area contributed by atoms with Gasteiger partial charge in [0.25, 0.3) is 0 Å². The van der Waals surface area contributed by atoms with E-state index in [0.717, 1.165) is 6.07 Å². The van der Waals surface area contributed by atoms with Gasteiger partial charge >= 0.3 is 5.97 Å². The highest BCUT2D eigenvalue weighted by Gasteiger charge is 2.42. The van der Waals surface area contributed by atoms with Crippen molar-refractivity contribution in [1.29, 1.82) is 0 Å². The van der Waals surface area contributed by atoms with E-state index in [2.05, 4.69) is 0 Å². The average molecular weight is 476 g/mol. The Kier molecular flexibility index (Phi) is 4.77. The number of hydrogen-bond acceptors (Lipinski definition) is 8. The van der Waals surface area contributed by atoms with Gasteiger partial charge in [-0.1, -0.05) is 19.1 Å². The first-order valence-electron chi connectivity index (χ1n) is 10.8. The number of aromatic hydroxyl groups is 3. The van der Waals surface area contributed by atoms with Crippen LogP contribution in [0.4, 0.5) is 0 Å². The van der Waals surface area contributed by atoms with E-state index in [1.165, 1.54) is 25.1 Å². The topological polar surface area (TPSA) is 173 Å². The number of carboxylic acid groups (broad SMARTS) is 1. The van der Waals surface area contributed by atoms with Crippen LogP contribution >= 0.6 is 0 Å². The quantitative estimate of drug-likeness (QED) is 0.254. The van der Waals surface area contributed by atoms with Crippen LogP contribution < -0.4 is 0 Å². The Balaban J connectivity index is 1.87. The second-order valence-electron chi connectivity index (χ2n) is 8.70. The Hall–Kier alpha value is -4.21. The normalized spacial score (nSPS) is 17.9. The van der Waals surface area contributed by atoms with E-state index < -0.39 is 52.4 Å². The SMILES string of the molecule is CCc1ccc2c(c1O)C(=O)c1cc3c(c(O)c1C2=O)-c1c(cc(C)c(C(=O)O)c1O)C(O)C3O. The minimum Gasteiger partial charge on any atom is -0.507 e. The first-order chi connectivity index (χ1) is 16.5. The van der Waals surface area contributed by atoms with Crippen LogP contribution in [0.5, 0.6) is 17.2 Å². The third kappa shape index (κ3) is 2.79. The van der Waals surface area contributed by atoms with Crippen LogP contribution in [0.1, 0.15) is 83.6 Å². The van der Waals surface area contributed by atoms with Crippen molar-refractivity contribution in [3.63, 3.8) is 0 Å². The molecule has 0 saturated heterocycles. The van der Waals surface area contributed by atoms with E-state index in [1.54, 1.807) is 6.92 Å². The Bertz CT molecular complexity index is 1520. The largest absolute Gasteiger partial charge is 0.507 e. The fourth-order valence-corrected chi connectivity index (χ4v) is 5.13. The molecule has 35 heavy (non-hydrogen) atoms. The van der Waals surface area contributed by atoms with Crippen LogP contribution in [0.15, 0.2) is 24.3 Å². The number of carbonyl (C=O) groups is 3. The zero-order valence-electron chi connectivity index (χ0n) is 18.6. The summed E-state index contributed by atoms with van der Waals surface area (Å²) < 4.78 is 0. The third-order valence-electron chi connectivity index (χ3n) is 6.85. The Morgan fingerprint density at radius 2 is 1.34 bits per heavy atom. The molecule has 0 bridgehead atoms. The molecule has 3 aromatic carbocycles. The second-order valence-corrected chi connectivity index (χ2v) is 8.70. The predicted octanol–water partition coefficient (Wildman–Crippen LogP) is 2.90. The van der Waals surface area contributed by atoms with Gasteiger partial charge in [-0.15, -0.1) is 0 Å². The fourth-order valence-electron chi connectivity index (χ4n) is 5.13. The molecular formula is C26H20O9. The molecule has 5 rings (SSSR count). The summed E-state index contributed by atoms with van der Waals surface area (Å²) in [6, 6.07) is 5.29. The van der Waals surface area contributed by atoms with E-state index in [1.807, 2.05) is 0 Å². The van der Waals surface area contributed by atoms with E-state index in [9.17, 15) is 45.0 Å². The van der Waals surface area contributed by atoms with Gasteiger partial charge in [-0.25, -0.2) is 4.79 Å². The maximum Gasteiger partial charge on any atom is 0.339 e. The molecule has 0 saturated carbocycles. The van der Waals surface area contributed by atoms with Crippen molar-refractivity contribution >= 4 is 17.5 Å². The highest BCUT2D eigenvalue weighted by Crippen LogP contribution is 2.55. The van der Waals surface area contributed by atoms with E-state index >= 15 is 0 Å². The fraction of sp³-hybridized carbons (Fsp3) is 0.192. The number of aromatic carboxylic acids is 1. The van der Waals surface area contributed by atoms with Crippen LogP contribution in [0.3, 0.4) is 0 Å². The summed E-state index contributed by atoms with van der Waals surface area (Å²) in [5, 5.41) is 63.9. The minimum absolute atomic E-state index is 0.0412. The predicted molar refractivity (Wildman–Crippen MR) is 121 cm³/mol. The standard InChI is InChI=1S/C26H20O9/c1-3-9-4-5-10-17(19(9)27)21(29)13-7-12-16(25(33)18(13)20(10)28)15-11(22(30)23(12)31)6-8(2)14(24(15)32)26(34)35/h4-7,22-23,27,30-33H,3H2,1-2H3,(H,34,35). The van der Waals surface area contributed by atoms with Crippen molar-refractivity contribution in [2.45, 2.75) is 32.5 Å². The highest BCUT2D eigenvalue weighted by atomic mass is 16.4. The number of carboxylic acids is 1. The van der Waals surface area contributed by atoms with Crippen LogP contribution in [0.2, 0.25) is 0 Å². The van der Waals surface area contributed by atoms with Gasteiger partial charge in [0.1, 0.15) is 35.0 Å². The Morgan fingerprint density at radius 3 is 1.94 bits per heavy atom. The van der Waals surface area contributed by atoms with Gasteiger partial charge in [0.15, 0.2) is 11.6 Å². The summed E-state index contributed by atoms with van der Waals surface area (Å²) in [4.78, 5) is 38.5. The number of aliphatic hydroxyl groups is 2. The van der Waals surface area contributed by atoms with Crippen molar-refractivity contribution in [3.05, 3.63) is 74.3 Å². The molecule has 3 aromatic rings. The summed E-state index contributed by atoms with van der Waals surface area (Å²) in [6.45, 7) is 3.17. The van der Waals surface area contributed by atoms with Crippen LogP contribution in [-0.4, -0.2) is 48.2 Å². The molecule has 2 aliphatic carbocycles. The molecule has 9 nitrogen and oxygen atoms in total. The number of rotatable bonds is 2. The van der Waals surface area contributed by atoms with Crippen molar-refractivity contribution in [2.24, 2.45) is 0 Å². The third-order valence-corrected chi connectivity index (χ3v) is 6.85. The van der Waals surface area contributed by atoms with Crippen molar-refractivity contribution in [2.75, 3.05) is 0 Å². The summed E-state index contributed by atoms with van der Waals surface area (Å²) in [6.07, 6.45) is -2.89. The molecule has 9 heteroatoms. The van der Waals surface area contributed by atoms with Gasteiger partial charge < -0.3 is 30.6 Å². The van der Waals surface area contributed by atoms with Crippen molar-refractivity contribution in [1.82, 2.24) is 0 Å². The second kappa shape index (κ2) is 7.39. The number of phenols is 3. The molecule has 0 heterocycles. The number of benzene rings is 3. The van der Waals surface area contributed by atoms with E-state index in [4.69, 9.17) is 0 Å². The van der Waals surface area contributed by atoms with Crippen LogP contribution in [0.25, 0.3) is 11.1 Å². The van der Waals surface area contributed by atoms with E-state index in [-0.39, 0.29) is 50.3 Å². The monoisotopic (exact) mass is 476 g/mol. The number of carbonyl (C=O) groups excluding carboxylic acids is 2. The molecule has 0 spiro atoms. The molecule has 2 unspecified atom stereocenters. The zero-order chi connectivity index (χ0) is 25.5. The lowest BCUT2D eigenvalue weighted by molar-refractivity contribution is 0.0154. The number of ketones is 2. The molecule has 178 valence electrons. The maximum atomic E-state index is 13.4.